The summed E-state index contributed by atoms with van der Waals surface area (Å²) in [6, 6.07) is 5.71. The topological polar surface area (TPSA) is 105 Å². The molecule has 0 radical (unpaired) electrons. The van der Waals surface area contributed by atoms with E-state index in [9.17, 15) is 4.79 Å². The lowest BCUT2D eigenvalue weighted by molar-refractivity contribution is -0.116. The van der Waals surface area contributed by atoms with Gasteiger partial charge in [0.25, 0.3) is 0 Å². The first-order valence-corrected chi connectivity index (χ1v) is 10.0. The van der Waals surface area contributed by atoms with Crippen LogP contribution in [0.1, 0.15) is 11.9 Å². The number of aldehydes is 1. The number of carbonyl (C=O) groups excluding carboxylic acids is 1. The van der Waals surface area contributed by atoms with Gasteiger partial charge >= 0.3 is 0 Å². The fourth-order valence-corrected chi connectivity index (χ4v) is 3.95. The van der Waals surface area contributed by atoms with Crippen LogP contribution in [0, 0.1) is 6.92 Å². The van der Waals surface area contributed by atoms with E-state index < -0.39 is 6.17 Å². The number of nitrogens with zero attached hydrogens (tertiary/aromatic N) is 7. The zero-order chi connectivity index (χ0) is 21.3. The summed E-state index contributed by atoms with van der Waals surface area (Å²) < 4.78 is 6.93. The Hall–Kier alpha value is -2.69. The van der Waals surface area contributed by atoms with Crippen LogP contribution in [-0.4, -0.2) is 74.9 Å². The normalized spacial score (nSPS) is 15.9. The van der Waals surface area contributed by atoms with Crippen LogP contribution >= 0.6 is 23.2 Å². The Morgan fingerprint density at radius 3 is 2.63 bits per heavy atom. The Morgan fingerprint density at radius 1 is 1.23 bits per heavy atom. The number of tetrazole rings is 1. The highest BCUT2D eigenvalue weighted by atomic mass is 35.5. The average Bonchev–Trinajstić information content (AvgIpc) is 3.39. The van der Waals surface area contributed by atoms with Crippen molar-refractivity contribution in [2.24, 2.45) is 0 Å². The Labute approximate surface area is 182 Å². The predicted octanol–water partition coefficient (Wildman–Crippen LogP) is 2.21. The van der Waals surface area contributed by atoms with Crippen LogP contribution < -0.4 is 9.64 Å². The highest BCUT2D eigenvalue weighted by Crippen LogP contribution is 2.32. The van der Waals surface area contributed by atoms with Gasteiger partial charge in [-0.3, -0.25) is 9.69 Å². The summed E-state index contributed by atoms with van der Waals surface area (Å²) in [5, 5.41) is 19.2. The van der Waals surface area contributed by atoms with Crippen molar-refractivity contribution in [3.8, 4) is 17.3 Å². The third-order valence-electron chi connectivity index (χ3n) is 5.19. The van der Waals surface area contributed by atoms with Gasteiger partial charge in [-0.15, -0.1) is 10.2 Å². The van der Waals surface area contributed by atoms with Crippen LogP contribution in [0.15, 0.2) is 18.2 Å². The number of carbonyl (C=O) groups is 1. The monoisotopic (exact) mass is 450 g/mol. The number of piperazine rings is 1. The zero-order valence-electron chi connectivity index (χ0n) is 16.4. The van der Waals surface area contributed by atoms with Crippen molar-refractivity contribution in [3.63, 3.8) is 0 Å². The Balaban J connectivity index is 1.51. The summed E-state index contributed by atoms with van der Waals surface area (Å²) in [4.78, 5) is 16.3. The van der Waals surface area contributed by atoms with Crippen LogP contribution in [0.4, 0.5) is 5.69 Å². The van der Waals surface area contributed by atoms with Crippen LogP contribution in [0.3, 0.4) is 0 Å². The molecule has 1 unspecified atom stereocenters. The number of hydrogen-bond acceptors (Lipinski definition) is 8. The van der Waals surface area contributed by atoms with Gasteiger partial charge in [-0.1, -0.05) is 23.2 Å². The quantitative estimate of drug-likeness (QED) is 0.569. The zero-order valence-corrected chi connectivity index (χ0v) is 17.9. The van der Waals surface area contributed by atoms with Gasteiger partial charge < -0.3 is 9.64 Å². The van der Waals surface area contributed by atoms with Crippen LogP contribution in [0.5, 0.6) is 5.75 Å². The number of hydrogen-bond donors (Lipinski definition) is 1. The van der Waals surface area contributed by atoms with E-state index in [0.29, 0.717) is 40.3 Å². The molecule has 1 aromatic carbocycles. The molecule has 158 valence electrons. The van der Waals surface area contributed by atoms with Crippen molar-refractivity contribution in [2.75, 3.05) is 38.2 Å². The maximum atomic E-state index is 12.0. The van der Waals surface area contributed by atoms with Crippen molar-refractivity contribution in [1.29, 1.82) is 0 Å². The number of nitrogens with one attached hydrogen (secondary N) is 1. The maximum absolute atomic E-state index is 12.0. The van der Waals surface area contributed by atoms with Crippen LogP contribution in [-0.2, 0) is 4.79 Å². The van der Waals surface area contributed by atoms with Crippen molar-refractivity contribution >= 4 is 35.2 Å². The minimum absolute atomic E-state index is 0.285. The number of anilines is 1. The highest BCUT2D eigenvalue weighted by Gasteiger charge is 2.29. The minimum atomic E-state index is -0.579. The number of aromatic amines is 1. The molecule has 3 heterocycles. The molecule has 30 heavy (non-hydrogen) atoms. The SMILES string of the molecule is COc1cc(N2CCN(C(C=O)n3nc(-c4nn[nH]n4)c(Cl)c3C)CC2)ccc1Cl. The number of ether oxygens (including phenoxy) is 1. The van der Waals surface area contributed by atoms with Gasteiger partial charge in [-0.2, -0.15) is 10.3 Å². The van der Waals surface area contributed by atoms with Gasteiger partial charge in [-0.25, -0.2) is 4.68 Å². The van der Waals surface area contributed by atoms with E-state index in [-0.39, 0.29) is 5.82 Å². The molecule has 1 N–H and O–H groups in total. The second-order valence-electron chi connectivity index (χ2n) is 6.82. The fourth-order valence-electron chi connectivity index (χ4n) is 3.55. The molecule has 12 heteroatoms. The van der Waals surface area contributed by atoms with Crippen LogP contribution in [0.2, 0.25) is 10.0 Å². The number of H-pyrrole nitrogens is 1. The molecule has 1 aliphatic heterocycles. The molecule has 3 aromatic rings. The first-order valence-electron chi connectivity index (χ1n) is 9.29. The molecule has 1 aliphatic rings. The molecular weight excluding hydrogens is 431 g/mol. The lowest BCUT2D eigenvalue weighted by atomic mass is 10.2. The lowest BCUT2D eigenvalue weighted by Crippen LogP contribution is -2.49. The molecular formula is C18H20Cl2N8O2. The van der Waals surface area contributed by atoms with Gasteiger partial charge in [0.15, 0.2) is 18.1 Å². The molecule has 0 saturated carbocycles. The molecule has 4 rings (SSSR count). The van der Waals surface area contributed by atoms with E-state index >= 15 is 0 Å². The molecule has 0 amide bonds. The number of aromatic nitrogens is 6. The largest absolute Gasteiger partial charge is 0.495 e. The number of methoxy groups -OCH3 is 1. The second-order valence-corrected chi connectivity index (χ2v) is 7.60. The highest BCUT2D eigenvalue weighted by molar-refractivity contribution is 6.33. The number of halogens is 2. The summed E-state index contributed by atoms with van der Waals surface area (Å²) in [5.41, 5.74) is 2.08. The van der Waals surface area contributed by atoms with Crippen molar-refractivity contribution in [3.05, 3.63) is 33.9 Å². The van der Waals surface area contributed by atoms with E-state index in [2.05, 4.69) is 35.5 Å². The third kappa shape index (κ3) is 3.73. The third-order valence-corrected chi connectivity index (χ3v) is 5.96. The summed E-state index contributed by atoms with van der Waals surface area (Å²) in [6.45, 7) is 4.62. The Morgan fingerprint density at radius 2 is 2.00 bits per heavy atom. The molecule has 2 aromatic heterocycles. The van der Waals surface area contributed by atoms with E-state index in [4.69, 9.17) is 27.9 Å². The molecule has 0 spiro atoms. The molecule has 10 nitrogen and oxygen atoms in total. The summed E-state index contributed by atoms with van der Waals surface area (Å²) >= 11 is 12.5. The van der Waals surface area contributed by atoms with Crippen LogP contribution in [0.25, 0.3) is 11.5 Å². The Bertz CT molecular complexity index is 1030. The summed E-state index contributed by atoms with van der Waals surface area (Å²) in [6.07, 6.45) is 0.294. The van der Waals surface area contributed by atoms with E-state index in [1.165, 1.54) is 0 Å². The van der Waals surface area contributed by atoms with Gasteiger partial charge in [0, 0.05) is 37.9 Å². The van der Waals surface area contributed by atoms with Crippen molar-refractivity contribution in [1.82, 2.24) is 35.3 Å². The lowest BCUT2D eigenvalue weighted by Gasteiger charge is -2.38. The van der Waals surface area contributed by atoms with E-state index in [1.807, 2.05) is 25.1 Å². The van der Waals surface area contributed by atoms with Gasteiger partial charge in [0.2, 0.25) is 5.82 Å². The molecule has 1 fully saturated rings. The molecule has 1 atom stereocenters. The average molecular weight is 451 g/mol. The molecule has 1 saturated heterocycles. The second kappa shape index (κ2) is 8.58. The number of benzene rings is 1. The Kier molecular flexibility index (Phi) is 5.89. The molecule has 0 aliphatic carbocycles. The number of rotatable bonds is 6. The van der Waals surface area contributed by atoms with Crippen molar-refractivity contribution < 1.29 is 9.53 Å². The predicted molar refractivity (Wildman–Crippen MR) is 112 cm³/mol. The smallest absolute Gasteiger partial charge is 0.226 e. The first kappa shape index (κ1) is 20.6. The van der Waals surface area contributed by atoms with Gasteiger partial charge in [0.1, 0.15) is 5.75 Å². The standard InChI is InChI=1S/C18H20Cl2N8O2/c1-11-16(20)17(18-21-24-25-22-18)23-28(11)15(10-29)27-7-5-26(6-8-27)12-3-4-13(19)14(9-12)30-2/h3-4,9-10,15H,5-8H2,1-2H3,(H,21,22,24,25). The minimum Gasteiger partial charge on any atom is -0.495 e. The fraction of sp³-hybridized carbons (Fsp3) is 0.389. The van der Waals surface area contributed by atoms with E-state index in [0.717, 1.165) is 25.1 Å². The molecule has 0 bridgehead atoms. The first-order chi connectivity index (χ1) is 14.5. The van der Waals surface area contributed by atoms with Gasteiger partial charge in [0.05, 0.1) is 22.8 Å². The van der Waals surface area contributed by atoms with Crippen molar-refractivity contribution in [2.45, 2.75) is 13.1 Å². The van der Waals surface area contributed by atoms with E-state index in [1.54, 1.807) is 11.8 Å². The van der Waals surface area contributed by atoms with Gasteiger partial charge in [-0.05, 0) is 24.3 Å². The maximum Gasteiger partial charge on any atom is 0.226 e. The summed E-state index contributed by atoms with van der Waals surface area (Å²) in [5.74, 6) is 0.922. The summed E-state index contributed by atoms with van der Waals surface area (Å²) in [7, 11) is 1.60.